The maximum atomic E-state index is 13.1. The normalized spacial score (nSPS) is 12.4. The lowest BCUT2D eigenvalue weighted by atomic mass is 9.88. The molecular formula is C26H27F2NO5. The number of rotatable bonds is 9. The van der Waals surface area contributed by atoms with Gasteiger partial charge in [0, 0.05) is 5.39 Å². The summed E-state index contributed by atoms with van der Waals surface area (Å²) in [5.41, 5.74) is 0.577. The van der Waals surface area contributed by atoms with Crippen LogP contribution in [0.25, 0.3) is 10.8 Å². The van der Waals surface area contributed by atoms with E-state index in [0.717, 1.165) is 5.39 Å². The number of carbonyl (C=O) groups is 2. The van der Waals surface area contributed by atoms with E-state index in [2.05, 4.69) is 10.1 Å². The van der Waals surface area contributed by atoms with Gasteiger partial charge in [0.05, 0.1) is 5.56 Å². The molecule has 2 N–H and O–H groups in total. The minimum atomic E-state index is -2.91. The van der Waals surface area contributed by atoms with Crippen LogP contribution in [0.15, 0.2) is 60.7 Å². The van der Waals surface area contributed by atoms with E-state index in [4.69, 9.17) is 4.74 Å². The third-order valence-corrected chi connectivity index (χ3v) is 5.08. The van der Waals surface area contributed by atoms with Crippen LogP contribution in [-0.4, -0.2) is 29.6 Å². The number of carbonyl (C=O) groups excluding carboxylic acids is 1. The highest BCUT2D eigenvalue weighted by Crippen LogP contribution is 2.31. The van der Waals surface area contributed by atoms with Crippen molar-refractivity contribution in [2.75, 3.05) is 0 Å². The van der Waals surface area contributed by atoms with Gasteiger partial charge in [-0.3, -0.25) is 4.79 Å². The first-order valence-electron chi connectivity index (χ1n) is 10.8. The number of aliphatic carboxylic acids is 1. The van der Waals surface area contributed by atoms with Crippen molar-refractivity contribution in [3.63, 3.8) is 0 Å². The number of ether oxygens (including phenoxy) is 2. The Labute approximate surface area is 196 Å². The summed E-state index contributed by atoms with van der Waals surface area (Å²) >= 11 is 0. The molecule has 0 fully saturated rings. The van der Waals surface area contributed by atoms with Gasteiger partial charge in [0.25, 0.3) is 5.91 Å². The largest absolute Gasteiger partial charge is 0.487 e. The third kappa shape index (κ3) is 6.66. The molecule has 0 heterocycles. The maximum absolute atomic E-state index is 13.1. The molecule has 34 heavy (non-hydrogen) atoms. The van der Waals surface area contributed by atoms with Gasteiger partial charge < -0.3 is 19.9 Å². The SMILES string of the molecule is CC(C)(C)CC(NC(=O)c1ccc2ccccc2c1OCc1ccc(OC(F)F)cc1)C(=O)O. The molecule has 3 aromatic carbocycles. The molecule has 0 aromatic heterocycles. The van der Waals surface area contributed by atoms with E-state index >= 15 is 0 Å². The Morgan fingerprint density at radius 1 is 1.00 bits per heavy atom. The summed E-state index contributed by atoms with van der Waals surface area (Å²) < 4.78 is 35.1. The molecule has 0 saturated heterocycles. The van der Waals surface area contributed by atoms with E-state index in [1.165, 1.54) is 12.1 Å². The van der Waals surface area contributed by atoms with Gasteiger partial charge in [-0.15, -0.1) is 0 Å². The summed E-state index contributed by atoms with van der Waals surface area (Å²) in [5, 5.41) is 13.7. The molecule has 3 aromatic rings. The Balaban J connectivity index is 1.88. The molecule has 6 nitrogen and oxygen atoms in total. The molecule has 0 aliphatic heterocycles. The zero-order chi connectivity index (χ0) is 24.9. The average molecular weight is 472 g/mol. The molecule has 0 radical (unpaired) electrons. The molecule has 8 heteroatoms. The second-order valence-electron chi connectivity index (χ2n) is 9.10. The van der Waals surface area contributed by atoms with E-state index in [1.54, 1.807) is 24.3 Å². The van der Waals surface area contributed by atoms with Gasteiger partial charge in [-0.2, -0.15) is 8.78 Å². The van der Waals surface area contributed by atoms with E-state index in [-0.39, 0.29) is 29.8 Å². The second-order valence-corrected chi connectivity index (χ2v) is 9.10. The molecule has 0 aliphatic carbocycles. The maximum Gasteiger partial charge on any atom is 0.387 e. The predicted molar refractivity (Wildman–Crippen MR) is 124 cm³/mol. The van der Waals surface area contributed by atoms with Crippen LogP contribution in [0.2, 0.25) is 0 Å². The number of nitrogens with one attached hydrogen (secondary N) is 1. The van der Waals surface area contributed by atoms with Crippen molar-refractivity contribution < 1.29 is 33.0 Å². The van der Waals surface area contributed by atoms with Crippen molar-refractivity contribution in [3.8, 4) is 11.5 Å². The minimum Gasteiger partial charge on any atom is -0.487 e. The highest BCUT2D eigenvalue weighted by atomic mass is 19.3. The van der Waals surface area contributed by atoms with Gasteiger partial charge in [0.1, 0.15) is 24.1 Å². The molecule has 1 unspecified atom stereocenters. The molecule has 0 bridgehead atoms. The number of hydrogen-bond acceptors (Lipinski definition) is 4. The lowest BCUT2D eigenvalue weighted by Crippen LogP contribution is -2.43. The third-order valence-electron chi connectivity index (χ3n) is 5.08. The molecule has 0 aliphatic rings. The summed E-state index contributed by atoms with van der Waals surface area (Å²) in [6.07, 6.45) is 0.255. The predicted octanol–water partition coefficient (Wildman–Crippen LogP) is 5.64. The fourth-order valence-electron chi connectivity index (χ4n) is 3.55. The van der Waals surface area contributed by atoms with Crippen molar-refractivity contribution in [1.29, 1.82) is 0 Å². The number of hydrogen-bond donors (Lipinski definition) is 2. The van der Waals surface area contributed by atoms with Crippen LogP contribution in [0.4, 0.5) is 8.78 Å². The topological polar surface area (TPSA) is 84.9 Å². The van der Waals surface area contributed by atoms with Crippen molar-refractivity contribution in [3.05, 3.63) is 71.8 Å². The van der Waals surface area contributed by atoms with E-state index in [1.807, 2.05) is 45.0 Å². The van der Waals surface area contributed by atoms with E-state index < -0.39 is 24.5 Å². The van der Waals surface area contributed by atoms with Crippen molar-refractivity contribution in [2.45, 2.75) is 46.5 Å². The Morgan fingerprint density at radius 2 is 1.68 bits per heavy atom. The number of halogens is 2. The summed E-state index contributed by atoms with van der Waals surface area (Å²) in [5.74, 6) is -1.33. The van der Waals surface area contributed by atoms with Crippen molar-refractivity contribution >= 4 is 22.6 Å². The van der Waals surface area contributed by atoms with Crippen LogP contribution < -0.4 is 14.8 Å². The van der Waals surface area contributed by atoms with Gasteiger partial charge in [-0.25, -0.2) is 4.79 Å². The molecule has 1 atom stereocenters. The fourth-order valence-corrected chi connectivity index (χ4v) is 3.55. The van der Waals surface area contributed by atoms with Crippen LogP contribution in [0.5, 0.6) is 11.5 Å². The Kier molecular flexibility index (Phi) is 7.71. The second kappa shape index (κ2) is 10.5. The first kappa shape index (κ1) is 25.0. The first-order valence-corrected chi connectivity index (χ1v) is 10.8. The molecule has 180 valence electrons. The van der Waals surface area contributed by atoms with Crippen LogP contribution in [-0.2, 0) is 11.4 Å². The monoisotopic (exact) mass is 471 g/mol. The van der Waals surface area contributed by atoms with Gasteiger partial charge in [-0.1, -0.05) is 63.2 Å². The number of alkyl halides is 2. The van der Waals surface area contributed by atoms with Crippen molar-refractivity contribution in [1.82, 2.24) is 5.32 Å². The highest BCUT2D eigenvalue weighted by Gasteiger charge is 2.28. The van der Waals surface area contributed by atoms with Crippen LogP contribution in [0.3, 0.4) is 0 Å². The Bertz CT molecular complexity index is 1160. The summed E-state index contributed by atoms with van der Waals surface area (Å²) in [6.45, 7) is 2.85. The van der Waals surface area contributed by atoms with Crippen LogP contribution >= 0.6 is 0 Å². The minimum absolute atomic E-state index is 0.0301. The zero-order valence-corrected chi connectivity index (χ0v) is 19.2. The number of carboxylic acid groups (broad SMARTS) is 1. The standard InChI is InChI=1S/C26H27F2NO5/c1-26(2,3)14-21(24(31)32)29-23(30)20-13-10-17-6-4-5-7-19(17)22(20)33-15-16-8-11-18(12-9-16)34-25(27)28/h4-13,21,25H,14-15H2,1-3H3,(H,29,30)(H,31,32). The van der Waals surface area contributed by atoms with Crippen molar-refractivity contribution in [2.24, 2.45) is 5.41 Å². The lowest BCUT2D eigenvalue weighted by molar-refractivity contribution is -0.140. The van der Waals surface area contributed by atoms with Crippen LogP contribution in [0, 0.1) is 5.41 Å². The fraction of sp³-hybridized carbons (Fsp3) is 0.308. The molecule has 0 spiro atoms. The van der Waals surface area contributed by atoms with E-state index in [9.17, 15) is 23.5 Å². The quantitative estimate of drug-likeness (QED) is 0.422. The highest BCUT2D eigenvalue weighted by molar-refractivity contribution is 6.04. The molecular weight excluding hydrogens is 444 g/mol. The van der Waals surface area contributed by atoms with E-state index in [0.29, 0.717) is 16.7 Å². The van der Waals surface area contributed by atoms with Crippen LogP contribution in [0.1, 0.15) is 43.1 Å². The summed E-state index contributed by atoms with van der Waals surface area (Å²) in [7, 11) is 0. The van der Waals surface area contributed by atoms with Gasteiger partial charge in [0.2, 0.25) is 0 Å². The number of benzene rings is 3. The lowest BCUT2D eigenvalue weighted by Gasteiger charge is -2.24. The number of amides is 1. The Morgan fingerprint density at radius 3 is 2.29 bits per heavy atom. The number of carboxylic acids is 1. The van der Waals surface area contributed by atoms with Gasteiger partial charge in [0.15, 0.2) is 0 Å². The average Bonchev–Trinajstić information content (AvgIpc) is 2.76. The summed E-state index contributed by atoms with van der Waals surface area (Å²) in [4.78, 5) is 24.9. The molecule has 0 saturated carbocycles. The summed E-state index contributed by atoms with van der Waals surface area (Å²) in [6, 6.07) is 15.7. The molecule has 1 amide bonds. The van der Waals surface area contributed by atoms with Gasteiger partial charge in [-0.05, 0) is 41.0 Å². The van der Waals surface area contributed by atoms with Gasteiger partial charge >= 0.3 is 12.6 Å². The Hall–Kier alpha value is -3.68. The molecule has 3 rings (SSSR count). The first-order chi connectivity index (χ1) is 16.0. The smallest absolute Gasteiger partial charge is 0.387 e. The zero-order valence-electron chi connectivity index (χ0n) is 19.2. The number of fused-ring (bicyclic) bond motifs is 1.